The average Bonchev–Trinajstić information content (AvgIpc) is 2.15. The molecule has 0 aliphatic carbocycles. The fraction of sp³-hybridized carbons (Fsp3) is 0.900. The molecule has 0 fully saturated rings. The third-order valence-corrected chi connectivity index (χ3v) is 3.66. The molecule has 90 valence electrons. The van der Waals surface area contributed by atoms with E-state index in [-0.39, 0.29) is 11.7 Å². The van der Waals surface area contributed by atoms with E-state index >= 15 is 0 Å². The van der Waals surface area contributed by atoms with Crippen LogP contribution < -0.4 is 5.32 Å². The molecule has 2 unspecified atom stereocenters. The summed E-state index contributed by atoms with van der Waals surface area (Å²) in [5.74, 6) is -0.731. The lowest BCUT2D eigenvalue weighted by atomic mass is 10.2. The molecule has 0 bridgehead atoms. The normalized spacial score (nSPS) is 14.8. The Morgan fingerprint density at radius 3 is 2.60 bits per heavy atom. The summed E-state index contributed by atoms with van der Waals surface area (Å²) in [5.41, 5.74) is 0. The van der Waals surface area contributed by atoms with E-state index in [9.17, 15) is 9.00 Å². The summed E-state index contributed by atoms with van der Waals surface area (Å²) in [5, 5.41) is 11.8. The molecule has 2 atom stereocenters. The van der Waals surface area contributed by atoms with Crippen LogP contribution in [-0.2, 0) is 15.6 Å². The summed E-state index contributed by atoms with van der Waals surface area (Å²) in [6.45, 7) is 3.67. The minimum absolute atomic E-state index is 0.233. The Hall–Kier alpha value is -0.420. The molecular formula is C10H21NO3S. The molecule has 0 aromatic carbocycles. The van der Waals surface area contributed by atoms with Crippen molar-refractivity contribution in [2.75, 3.05) is 19.3 Å². The molecule has 15 heavy (non-hydrogen) atoms. The molecule has 4 nitrogen and oxygen atoms in total. The molecule has 0 aromatic heterocycles. The maximum atomic E-state index is 11.0. The van der Waals surface area contributed by atoms with Crippen molar-refractivity contribution in [1.82, 2.24) is 5.32 Å². The summed E-state index contributed by atoms with van der Waals surface area (Å²) in [7, 11) is -0.743. The van der Waals surface area contributed by atoms with Crippen molar-refractivity contribution in [3.63, 3.8) is 0 Å². The molecule has 0 aliphatic heterocycles. The molecular weight excluding hydrogens is 214 g/mol. The quantitative estimate of drug-likeness (QED) is 0.585. The zero-order chi connectivity index (χ0) is 11.7. The third kappa shape index (κ3) is 9.87. The van der Waals surface area contributed by atoms with E-state index < -0.39 is 16.8 Å². The number of carboxylic acid groups (broad SMARTS) is 1. The molecule has 5 heteroatoms. The first-order chi connectivity index (χ1) is 7.04. The molecule has 0 aromatic rings. The van der Waals surface area contributed by atoms with Crippen molar-refractivity contribution < 1.29 is 14.1 Å². The Kier molecular flexibility index (Phi) is 8.61. The molecule has 0 rings (SSSR count). The van der Waals surface area contributed by atoms with Crippen molar-refractivity contribution >= 4 is 16.8 Å². The maximum Gasteiger partial charge on any atom is 0.303 e. The summed E-state index contributed by atoms with van der Waals surface area (Å²) in [6, 6.07) is 0. The van der Waals surface area contributed by atoms with Crippen molar-refractivity contribution in [1.29, 1.82) is 0 Å². The smallest absolute Gasteiger partial charge is 0.303 e. The number of hydrogen-bond donors (Lipinski definition) is 2. The highest BCUT2D eigenvalue weighted by Gasteiger charge is 2.04. The molecule has 0 aliphatic rings. The Balaban J connectivity index is 3.18. The van der Waals surface area contributed by atoms with E-state index in [1.165, 1.54) is 0 Å². The van der Waals surface area contributed by atoms with Crippen LogP contribution in [0, 0.1) is 0 Å². The fourth-order valence-electron chi connectivity index (χ4n) is 1.12. The van der Waals surface area contributed by atoms with Crippen LogP contribution >= 0.6 is 0 Å². The predicted octanol–water partition coefficient (Wildman–Crippen LogP) is 0.988. The van der Waals surface area contributed by atoms with Gasteiger partial charge in [-0.25, -0.2) is 0 Å². The number of hydrogen-bond acceptors (Lipinski definition) is 3. The maximum absolute atomic E-state index is 11.0. The van der Waals surface area contributed by atoms with E-state index in [4.69, 9.17) is 5.11 Å². The van der Waals surface area contributed by atoms with Crippen molar-refractivity contribution in [2.45, 2.75) is 37.9 Å². The van der Waals surface area contributed by atoms with Crippen LogP contribution in [0.5, 0.6) is 0 Å². The first kappa shape index (κ1) is 14.6. The number of nitrogens with one attached hydrogen (secondary N) is 1. The molecule has 0 saturated carbocycles. The molecule has 0 radical (unpaired) electrons. The highest BCUT2D eigenvalue weighted by molar-refractivity contribution is 7.84. The van der Waals surface area contributed by atoms with Crippen LogP contribution in [0.4, 0.5) is 0 Å². The molecule has 0 heterocycles. The molecule has 2 N–H and O–H groups in total. The standard InChI is InChI=1S/C10H21NO3S/c1-9(15(2)14)6-8-11-7-4-3-5-10(12)13/h9,11H,3-8H2,1-2H3,(H,12,13). The Bertz CT molecular complexity index is 209. The van der Waals surface area contributed by atoms with Crippen LogP contribution in [0.2, 0.25) is 0 Å². The van der Waals surface area contributed by atoms with E-state index in [1.54, 1.807) is 6.26 Å². The number of aliphatic carboxylic acids is 1. The van der Waals surface area contributed by atoms with Gasteiger partial charge in [-0.15, -0.1) is 0 Å². The lowest BCUT2D eigenvalue weighted by molar-refractivity contribution is -0.137. The van der Waals surface area contributed by atoms with Gasteiger partial charge in [0.2, 0.25) is 0 Å². The van der Waals surface area contributed by atoms with E-state index in [0.717, 1.165) is 32.4 Å². The lowest BCUT2D eigenvalue weighted by Gasteiger charge is -2.08. The van der Waals surface area contributed by atoms with Gasteiger partial charge in [-0.2, -0.15) is 0 Å². The van der Waals surface area contributed by atoms with Crippen LogP contribution in [0.3, 0.4) is 0 Å². The number of carbonyl (C=O) groups is 1. The zero-order valence-electron chi connectivity index (χ0n) is 9.49. The second kappa shape index (κ2) is 8.85. The first-order valence-corrected chi connectivity index (χ1v) is 6.91. The highest BCUT2D eigenvalue weighted by Crippen LogP contribution is 1.98. The van der Waals surface area contributed by atoms with Crippen LogP contribution in [-0.4, -0.2) is 39.9 Å². The topological polar surface area (TPSA) is 66.4 Å². The Labute approximate surface area is 93.9 Å². The minimum Gasteiger partial charge on any atom is -0.481 e. The van der Waals surface area contributed by atoms with Gasteiger partial charge in [-0.3, -0.25) is 9.00 Å². The Morgan fingerprint density at radius 2 is 2.07 bits per heavy atom. The number of rotatable bonds is 9. The monoisotopic (exact) mass is 235 g/mol. The van der Waals surface area contributed by atoms with Gasteiger partial charge in [0.25, 0.3) is 0 Å². The van der Waals surface area contributed by atoms with Crippen molar-refractivity contribution in [3.8, 4) is 0 Å². The lowest BCUT2D eigenvalue weighted by Crippen LogP contribution is -2.22. The van der Waals surface area contributed by atoms with Gasteiger partial charge < -0.3 is 10.4 Å². The van der Waals surface area contributed by atoms with E-state index in [1.807, 2.05) is 6.92 Å². The SMILES string of the molecule is CC(CCNCCCCC(=O)O)S(C)=O. The average molecular weight is 235 g/mol. The van der Waals surface area contributed by atoms with Crippen LogP contribution in [0.15, 0.2) is 0 Å². The highest BCUT2D eigenvalue weighted by atomic mass is 32.2. The number of unbranched alkanes of at least 4 members (excludes halogenated alkanes) is 1. The van der Waals surface area contributed by atoms with Crippen molar-refractivity contribution in [2.24, 2.45) is 0 Å². The number of carboxylic acids is 1. The van der Waals surface area contributed by atoms with Gasteiger partial charge >= 0.3 is 5.97 Å². The predicted molar refractivity (Wildman–Crippen MR) is 62.5 cm³/mol. The van der Waals surface area contributed by atoms with Gasteiger partial charge in [0.1, 0.15) is 0 Å². The van der Waals surface area contributed by atoms with Gasteiger partial charge in [0.15, 0.2) is 0 Å². The van der Waals surface area contributed by atoms with Gasteiger partial charge in [0.05, 0.1) is 0 Å². The molecule has 0 spiro atoms. The summed E-state index contributed by atoms with van der Waals surface area (Å²) in [6.07, 6.45) is 4.48. The summed E-state index contributed by atoms with van der Waals surface area (Å²) >= 11 is 0. The van der Waals surface area contributed by atoms with Crippen molar-refractivity contribution in [3.05, 3.63) is 0 Å². The minimum atomic E-state index is -0.743. The first-order valence-electron chi connectivity index (χ1n) is 5.28. The molecule has 0 amide bonds. The van der Waals surface area contributed by atoms with E-state index in [2.05, 4.69) is 5.32 Å². The summed E-state index contributed by atoms with van der Waals surface area (Å²) < 4.78 is 11.0. The Morgan fingerprint density at radius 1 is 1.40 bits per heavy atom. The van der Waals surface area contributed by atoms with Gasteiger partial charge in [-0.1, -0.05) is 6.92 Å². The van der Waals surface area contributed by atoms with Crippen LogP contribution in [0.1, 0.15) is 32.6 Å². The fourth-order valence-corrected chi connectivity index (χ4v) is 1.57. The second-order valence-corrected chi connectivity index (χ2v) is 5.50. The third-order valence-electron chi connectivity index (χ3n) is 2.29. The van der Waals surface area contributed by atoms with Gasteiger partial charge in [-0.05, 0) is 32.4 Å². The van der Waals surface area contributed by atoms with Crippen LogP contribution in [0.25, 0.3) is 0 Å². The second-order valence-electron chi connectivity index (χ2n) is 3.70. The zero-order valence-corrected chi connectivity index (χ0v) is 10.3. The summed E-state index contributed by atoms with van der Waals surface area (Å²) in [4.78, 5) is 10.2. The van der Waals surface area contributed by atoms with E-state index in [0.29, 0.717) is 0 Å². The molecule has 0 saturated heterocycles. The largest absolute Gasteiger partial charge is 0.481 e. The van der Waals surface area contributed by atoms with Gasteiger partial charge in [0, 0.05) is 28.7 Å².